The van der Waals surface area contributed by atoms with E-state index in [1.165, 1.54) is 4.88 Å². The summed E-state index contributed by atoms with van der Waals surface area (Å²) < 4.78 is 5.25. The number of methoxy groups -OCH3 is 1. The predicted molar refractivity (Wildman–Crippen MR) is 89.1 cm³/mol. The van der Waals surface area contributed by atoms with Gasteiger partial charge in [0.25, 0.3) is 0 Å². The van der Waals surface area contributed by atoms with Crippen molar-refractivity contribution in [1.29, 1.82) is 0 Å². The third kappa shape index (κ3) is 4.78. The molecule has 0 radical (unpaired) electrons. The van der Waals surface area contributed by atoms with Gasteiger partial charge in [0.2, 0.25) is 0 Å². The first kappa shape index (κ1) is 16.4. The number of hydrogen-bond donors (Lipinski definition) is 1. The Kier molecular flexibility index (Phi) is 6.64. The van der Waals surface area contributed by atoms with Gasteiger partial charge in [-0.2, -0.15) is 0 Å². The number of halogens is 1. The summed E-state index contributed by atoms with van der Waals surface area (Å²) in [6, 6.07) is 7.93. The average molecular weight is 325 g/mol. The van der Waals surface area contributed by atoms with Crippen LogP contribution in [0.25, 0.3) is 0 Å². The van der Waals surface area contributed by atoms with E-state index in [4.69, 9.17) is 21.3 Å². The van der Waals surface area contributed by atoms with E-state index in [0.717, 1.165) is 47.2 Å². The van der Waals surface area contributed by atoms with Crippen molar-refractivity contribution < 1.29 is 4.74 Å². The molecule has 0 saturated carbocycles. The predicted octanol–water partition coefficient (Wildman–Crippen LogP) is 4.03. The normalized spacial score (nSPS) is 11.0. The first-order valence-electron chi connectivity index (χ1n) is 7.15. The van der Waals surface area contributed by atoms with Gasteiger partial charge in [-0.1, -0.05) is 36.7 Å². The zero-order valence-electron chi connectivity index (χ0n) is 12.5. The first-order valence-corrected chi connectivity index (χ1v) is 8.34. The number of benzene rings is 1. The maximum atomic E-state index is 6.22. The van der Waals surface area contributed by atoms with E-state index in [2.05, 4.69) is 18.3 Å². The van der Waals surface area contributed by atoms with E-state index in [1.54, 1.807) is 18.4 Å². The molecule has 1 aromatic heterocycles. The van der Waals surface area contributed by atoms with Crippen molar-refractivity contribution in [1.82, 2.24) is 10.3 Å². The summed E-state index contributed by atoms with van der Waals surface area (Å²) in [4.78, 5) is 5.97. The Morgan fingerprint density at radius 2 is 2.14 bits per heavy atom. The fourth-order valence-electron chi connectivity index (χ4n) is 2.08. The molecule has 0 fully saturated rings. The quantitative estimate of drug-likeness (QED) is 0.744. The Bertz CT molecular complexity index is 571. The third-order valence-electron chi connectivity index (χ3n) is 3.12. The summed E-state index contributed by atoms with van der Waals surface area (Å²) in [7, 11) is 1.70. The van der Waals surface area contributed by atoms with Crippen LogP contribution in [0.3, 0.4) is 0 Å². The SMILES string of the molecule is CCCNCc1sc(Cc2ccccc2Cl)nc1COC. The largest absolute Gasteiger partial charge is 0.378 e. The molecule has 1 heterocycles. The minimum atomic E-state index is 0.558. The van der Waals surface area contributed by atoms with Crippen molar-refractivity contribution in [2.75, 3.05) is 13.7 Å². The number of nitrogens with zero attached hydrogens (tertiary/aromatic N) is 1. The number of aromatic nitrogens is 1. The van der Waals surface area contributed by atoms with E-state index >= 15 is 0 Å². The molecule has 0 aliphatic carbocycles. The summed E-state index contributed by atoms with van der Waals surface area (Å²) in [6.07, 6.45) is 1.90. The molecule has 0 atom stereocenters. The summed E-state index contributed by atoms with van der Waals surface area (Å²) >= 11 is 7.97. The van der Waals surface area contributed by atoms with Crippen molar-refractivity contribution in [3.8, 4) is 0 Å². The van der Waals surface area contributed by atoms with Gasteiger partial charge in [0.15, 0.2) is 0 Å². The molecular formula is C16H21ClN2OS. The third-order valence-corrected chi connectivity index (χ3v) is 4.58. The number of hydrogen-bond acceptors (Lipinski definition) is 4. The molecule has 114 valence electrons. The summed E-state index contributed by atoms with van der Waals surface area (Å²) in [5, 5.41) is 5.31. The number of rotatable bonds is 8. The fourth-order valence-corrected chi connectivity index (χ4v) is 3.35. The molecule has 5 heteroatoms. The standard InChI is InChI=1S/C16H21ClN2OS/c1-3-8-18-10-15-14(11-20-2)19-16(21-15)9-12-6-4-5-7-13(12)17/h4-7,18H,3,8-11H2,1-2H3. The lowest BCUT2D eigenvalue weighted by Gasteiger charge is -2.02. The van der Waals surface area contributed by atoms with Gasteiger partial charge < -0.3 is 10.1 Å². The molecule has 0 aliphatic rings. The van der Waals surface area contributed by atoms with Crippen LogP contribution in [-0.2, 0) is 24.3 Å². The molecule has 0 bridgehead atoms. The van der Waals surface area contributed by atoms with Crippen molar-refractivity contribution in [3.05, 3.63) is 50.4 Å². The summed E-state index contributed by atoms with van der Waals surface area (Å²) in [6.45, 7) is 4.59. The summed E-state index contributed by atoms with van der Waals surface area (Å²) in [5.74, 6) is 0. The lowest BCUT2D eigenvalue weighted by Crippen LogP contribution is -2.14. The van der Waals surface area contributed by atoms with Crippen LogP contribution in [0.2, 0.25) is 5.02 Å². The summed E-state index contributed by atoms with van der Waals surface area (Å²) in [5.41, 5.74) is 2.15. The highest BCUT2D eigenvalue weighted by atomic mass is 35.5. The highest BCUT2D eigenvalue weighted by Gasteiger charge is 2.12. The Hall–Kier alpha value is -0.940. The van der Waals surface area contributed by atoms with Crippen LogP contribution in [0.5, 0.6) is 0 Å². The number of thiazole rings is 1. The van der Waals surface area contributed by atoms with Gasteiger partial charge >= 0.3 is 0 Å². The Morgan fingerprint density at radius 3 is 2.86 bits per heavy atom. The van der Waals surface area contributed by atoms with Gasteiger partial charge in [0.1, 0.15) is 0 Å². The second-order valence-corrected chi connectivity index (χ2v) is 6.43. The molecule has 2 aromatic rings. The van der Waals surface area contributed by atoms with E-state index in [9.17, 15) is 0 Å². The van der Waals surface area contributed by atoms with Gasteiger partial charge in [-0.05, 0) is 24.6 Å². The molecular weight excluding hydrogens is 304 g/mol. The van der Waals surface area contributed by atoms with E-state index in [1.807, 2.05) is 18.2 Å². The number of nitrogens with one attached hydrogen (secondary N) is 1. The van der Waals surface area contributed by atoms with E-state index in [-0.39, 0.29) is 0 Å². The van der Waals surface area contributed by atoms with Crippen molar-refractivity contribution in [2.45, 2.75) is 32.9 Å². The highest BCUT2D eigenvalue weighted by Crippen LogP contribution is 2.25. The minimum Gasteiger partial charge on any atom is -0.378 e. The second kappa shape index (κ2) is 8.49. The Morgan fingerprint density at radius 1 is 1.33 bits per heavy atom. The molecule has 0 amide bonds. The molecule has 2 rings (SSSR count). The molecule has 0 spiro atoms. The first-order chi connectivity index (χ1) is 10.2. The highest BCUT2D eigenvalue weighted by molar-refractivity contribution is 7.11. The van der Waals surface area contributed by atoms with Crippen LogP contribution in [0, 0.1) is 0 Å². The van der Waals surface area contributed by atoms with Gasteiger partial charge in [-0.25, -0.2) is 4.98 Å². The Balaban J connectivity index is 2.12. The monoisotopic (exact) mass is 324 g/mol. The minimum absolute atomic E-state index is 0.558. The maximum Gasteiger partial charge on any atom is 0.0977 e. The maximum absolute atomic E-state index is 6.22. The zero-order chi connectivity index (χ0) is 15.1. The van der Waals surface area contributed by atoms with Gasteiger partial charge in [0.05, 0.1) is 17.3 Å². The van der Waals surface area contributed by atoms with Crippen LogP contribution in [0.15, 0.2) is 24.3 Å². The van der Waals surface area contributed by atoms with Crippen LogP contribution >= 0.6 is 22.9 Å². The van der Waals surface area contributed by atoms with Gasteiger partial charge in [-0.15, -0.1) is 11.3 Å². The smallest absolute Gasteiger partial charge is 0.0977 e. The van der Waals surface area contributed by atoms with Crippen LogP contribution in [-0.4, -0.2) is 18.6 Å². The second-order valence-electron chi connectivity index (χ2n) is 4.86. The molecule has 1 aromatic carbocycles. The number of ether oxygens (including phenoxy) is 1. The van der Waals surface area contributed by atoms with Crippen molar-refractivity contribution >= 4 is 22.9 Å². The van der Waals surface area contributed by atoms with Gasteiger partial charge in [0, 0.05) is 30.0 Å². The lowest BCUT2D eigenvalue weighted by molar-refractivity contribution is 0.181. The molecule has 0 saturated heterocycles. The van der Waals surface area contributed by atoms with Crippen LogP contribution < -0.4 is 5.32 Å². The van der Waals surface area contributed by atoms with Crippen molar-refractivity contribution in [3.63, 3.8) is 0 Å². The van der Waals surface area contributed by atoms with Crippen LogP contribution in [0.4, 0.5) is 0 Å². The van der Waals surface area contributed by atoms with Crippen molar-refractivity contribution in [2.24, 2.45) is 0 Å². The van der Waals surface area contributed by atoms with E-state index < -0.39 is 0 Å². The fraction of sp³-hybridized carbons (Fsp3) is 0.438. The molecule has 1 N–H and O–H groups in total. The van der Waals surface area contributed by atoms with Gasteiger partial charge in [-0.3, -0.25) is 0 Å². The van der Waals surface area contributed by atoms with E-state index in [0.29, 0.717) is 6.61 Å². The molecule has 0 aliphatic heterocycles. The molecule has 21 heavy (non-hydrogen) atoms. The molecule has 3 nitrogen and oxygen atoms in total. The van der Waals surface area contributed by atoms with Crippen LogP contribution in [0.1, 0.15) is 34.5 Å². The topological polar surface area (TPSA) is 34.2 Å². The molecule has 0 unspecified atom stereocenters. The average Bonchev–Trinajstić information content (AvgIpc) is 2.84. The lowest BCUT2D eigenvalue weighted by atomic mass is 10.1. The zero-order valence-corrected chi connectivity index (χ0v) is 14.1. The Labute approximate surface area is 135 Å².